The van der Waals surface area contributed by atoms with Gasteiger partial charge in [0.15, 0.2) is 0 Å². The molecule has 0 unspecified atom stereocenters. The smallest absolute Gasteiger partial charge is 0.317 e. The normalized spacial score (nSPS) is 23.2. The molecule has 2 aliphatic rings. The molecule has 5 heteroatoms. The van der Waals surface area contributed by atoms with Gasteiger partial charge in [-0.05, 0) is 38.2 Å². The molecular formula is C20H31N3O2. The highest BCUT2D eigenvalue weighted by molar-refractivity contribution is 5.74. The van der Waals surface area contributed by atoms with Crippen molar-refractivity contribution in [1.29, 1.82) is 0 Å². The largest absolute Gasteiger partial charge is 0.377 e. The molecule has 25 heavy (non-hydrogen) atoms. The van der Waals surface area contributed by atoms with E-state index in [1.54, 1.807) is 0 Å². The van der Waals surface area contributed by atoms with Gasteiger partial charge in [0.2, 0.25) is 0 Å². The zero-order valence-electron chi connectivity index (χ0n) is 15.3. The van der Waals surface area contributed by atoms with Crippen molar-refractivity contribution in [2.45, 2.75) is 44.8 Å². The van der Waals surface area contributed by atoms with E-state index >= 15 is 0 Å². The van der Waals surface area contributed by atoms with E-state index < -0.39 is 0 Å². The Balaban J connectivity index is 1.38. The third-order valence-electron chi connectivity index (χ3n) is 5.21. The summed E-state index contributed by atoms with van der Waals surface area (Å²) >= 11 is 0. The van der Waals surface area contributed by atoms with Gasteiger partial charge in [0, 0.05) is 45.4 Å². The van der Waals surface area contributed by atoms with E-state index in [0.29, 0.717) is 12.6 Å². The fourth-order valence-electron chi connectivity index (χ4n) is 3.68. The van der Waals surface area contributed by atoms with E-state index in [1.165, 1.54) is 5.56 Å². The Morgan fingerprint density at radius 3 is 2.72 bits per heavy atom. The average Bonchev–Trinajstić information content (AvgIpc) is 2.86. The molecule has 2 aliphatic heterocycles. The van der Waals surface area contributed by atoms with E-state index in [-0.39, 0.29) is 12.1 Å². The molecule has 1 aromatic carbocycles. The van der Waals surface area contributed by atoms with Crippen LogP contribution in [0.4, 0.5) is 4.79 Å². The summed E-state index contributed by atoms with van der Waals surface area (Å²) in [4.78, 5) is 16.9. The Morgan fingerprint density at radius 2 is 1.96 bits per heavy atom. The van der Waals surface area contributed by atoms with Crippen LogP contribution in [-0.2, 0) is 11.2 Å². The number of likely N-dealkylation sites (tertiary alicyclic amines) is 1. The number of nitrogens with one attached hydrogen (secondary N) is 1. The fourth-order valence-corrected chi connectivity index (χ4v) is 3.68. The summed E-state index contributed by atoms with van der Waals surface area (Å²) in [6.07, 6.45) is 4.24. The summed E-state index contributed by atoms with van der Waals surface area (Å²) in [7, 11) is 0. The molecular weight excluding hydrogens is 314 g/mol. The lowest BCUT2D eigenvalue weighted by Gasteiger charge is -2.33. The van der Waals surface area contributed by atoms with Crippen LogP contribution >= 0.6 is 0 Å². The van der Waals surface area contributed by atoms with Gasteiger partial charge in [-0.25, -0.2) is 4.79 Å². The Kier molecular flexibility index (Phi) is 6.70. The molecule has 0 aliphatic carbocycles. The number of ether oxygens (including phenoxy) is 1. The predicted octanol–water partition coefficient (Wildman–Crippen LogP) is 2.51. The van der Waals surface area contributed by atoms with Gasteiger partial charge in [0.25, 0.3) is 0 Å². The van der Waals surface area contributed by atoms with Crippen LogP contribution in [-0.4, -0.2) is 67.3 Å². The Morgan fingerprint density at radius 1 is 1.20 bits per heavy atom. The van der Waals surface area contributed by atoms with Gasteiger partial charge in [0.05, 0.1) is 6.10 Å². The van der Waals surface area contributed by atoms with Gasteiger partial charge in [0.1, 0.15) is 0 Å². The SMILES string of the molecule is C[C@@H]1CN(C(=O)NC2CCN(CCc3ccccc3)CC2)CCCO1. The maximum Gasteiger partial charge on any atom is 0.317 e. The molecule has 2 amide bonds. The van der Waals surface area contributed by atoms with Crippen LogP contribution in [0, 0.1) is 0 Å². The second-order valence-electron chi connectivity index (χ2n) is 7.28. The highest BCUT2D eigenvalue weighted by Gasteiger charge is 2.24. The number of piperidine rings is 1. The number of nitrogens with zero attached hydrogens (tertiary/aromatic N) is 2. The van der Waals surface area contributed by atoms with Crippen molar-refractivity contribution in [3.63, 3.8) is 0 Å². The first kappa shape index (κ1) is 18.2. The molecule has 0 saturated carbocycles. The maximum absolute atomic E-state index is 12.5. The fraction of sp³-hybridized carbons (Fsp3) is 0.650. The van der Waals surface area contributed by atoms with Gasteiger partial charge >= 0.3 is 6.03 Å². The lowest BCUT2D eigenvalue weighted by atomic mass is 10.0. The zero-order valence-corrected chi connectivity index (χ0v) is 15.3. The van der Waals surface area contributed by atoms with E-state index in [2.05, 4.69) is 40.5 Å². The summed E-state index contributed by atoms with van der Waals surface area (Å²) in [5.74, 6) is 0. The molecule has 0 spiro atoms. The molecule has 1 atom stereocenters. The third kappa shape index (κ3) is 5.72. The van der Waals surface area contributed by atoms with Crippen LogP contribution in [0.1, 0.15) is 31.7 Å². The Hall–Kier alpha value is -1.59. The molecule has 2 heterocycles. The van der Waals surface area contributed by atoms with Crippen molar-refractivity contribution in [2.24, 2.45) is 0 Å². The zero-order chi connectivity index (χ0) is 17.5. The number of urea groups is 1. The minimum absolute atomic E-state index is 0.0834. The standard InChI is InChI=1S/C20H31N3O2/c1-17-16-23(11-5-15-25-17)20(24)21-19-9-13-22(14-10-19)12-8-18-6-3-2-4-7-18/h2-4,6-7,17,19H,5,8-16H2,1H3,(H,21,24)/t17-/m1/s1. The molecule has 1 N–H and O–H groups in total. The third-order valence-corrected chi connectivity index (χ3v) is 5.21. The Bertz CT molecular complexity index is 529. The second kappa shape index (κ2) is 9.20. The molecule has 2 fully saturated rings. The molecule has 0 radical (unpaired) electrons. The lowest BCUT2D eigenvalue weighted by molar-refractivity contribution is 0.0706. The molecule has 0 bridgehead atoms. The minimum atomic E-state index is 0.0834. The summed E-state index contributed by atoms with van der Waals surface area (Å²) < 4.78 is 5.62. The van der Waals surface area contributed by atoms with E-state index in [9.17, 15) is 4.79 Å². The monoisotopic (exact) mass is 345 g/mol. The van der Waals surface area contributed by atoms with Crippen LogP contribution < -0.4 is 5.32 Å². The van der Waals surface area contributed by atoms with Crippen molar-refractivity contribution < 1.29 is 9.53 Å². The highest BCUT2D eigenvalue weighted by atomic mass is 16.5. The topological polar surface area (TPSA) is 44.8 Å². The number of benzene rings is 1. The summed E-state index contributed by atoms with van der Waals surface area (Å²) in [5.41, 5.74) is 1.40. The van der Waals surface area contributed by atoms with Crippen LogP contribution in [0.15, 0.2) is 30.3 Å². The van der Waals surface area contributed by atoms with Gasteiger partial charge in [-0.15, -0.1) is 0 Å². The van der Waals surface area contributed by atoms with Crippen molar-refractivity contribution in [1.82, 2.24) is 15.1 Å². The number of carbonyl (C=O) groups excluding carboxylic acids is 1. The minimum Gasteiger partial charge on any atom is -0.377 e. The molecule has 1 aromatic rings. The van der Waals surface area contributed by atoms with Crippen LogP contribution in [0.3, 0.4) is 0 Å². The summed E-state index contributed by atoms with van der Waals surface area (Å²) in [6, 6.07) is 11.0. The second-order valence-corrected chi connectivity index (χ2v) is 7.28. The molecule has 5 nitrogen and oxygen atoms in total. The van der Waals surface area contributed by atoms with Crippen molar-refractivity contribution in [3.05, 3.63) is 35.9 Å². The van der Waals surface area contributed by atoms with Crippen molar-refractivity contribution in [2.75, 3.05) is 39.3 Å². The van der Waals surface area contributed by atoms with Gasteiger partial charge in [-0.2, -0.15) is 0 Å². The number of rotatable bonds is 4. The van der Waals surface area contributed by atoms with Crippen LogP contribution in [0.2, 0.25) is 0 Å². The predicted molar refractivity (Wildman–Crippen MR) is 99.7 cm³/mol. The van der Waals surface area contributed by atoms with E-state index in [4.69, 9.17) is 4.74 Å². The summed E-state index contributed by atoms with van der Waals surface area (Å²) in [5, 5.41) is 3.24. The molecule has 3 rings (SSSR count). The van der Waals surface area contributed by atoms with E-state index in [1.807, 2.05) is 11.8 Å². The summed E-state index contributed by atoms with van der Waals surface area (Å²) in [6.45, 7) is 7.52. The average molecular weight is 345 g/mol. The van der Waals surface area contributed by atoms with Crippen molar-refractivity contribution >= 4 is 6.03 Å². The first-order chi connectivity index (χ1) is 12.2. The Labute approximate surface area is 151 Å². The first-order valence-electron chi connectivity index (χ1n) is 9.64. The number of carbonyl (C=O) groups is 1. The lowest BCUT2D eigenvalue weighted by Crippen LogP contribution is -2.50. The molecule has 0 aromatic heterocycles. The number of amides is 2. The molecule has 2 saturated heterocycles. The first-order valence-corrected chi connectivity index (χ1v) is 9.64. The van der Waals surface area contributed by atoms with Crippen LogP contribution in [0.25, 0.3) is 0 Å². The van der Waals surface area contributed by atoms with E-state index in [0.717, 1.165) is 58.5 Å². The van der Waals surface area contributed by atoms with Gasteiger partial charge in [-0.1, -0.05) is 30.3 Å². The number of hydrogen-bond donors (Lipinski definition) is 1. The van der Waals surface area contributed by atoms with Crippen molar-refractivity contribution in [3.8, 4) is 0 Å². The van der Waals surface area contributed by atoms with Gasteiger partial charge < -0.3 is 19.9 Å². The number of hydrogen-bond acceptors (Lipinski definition) is 3. The highest BCUT2D eigenvalue weighted by Crippen LogP contribution is 2.13. The van der Waals surface area contributed by atoms with Crippen LogP contribution in [0.5, 0.6) is 0 Å². The molecule has 138 valence electrons. The quantitative estimate of drug-likeness (QED) is 0.912. The van der Waals surface area contributed by atoms with Gasteiger partial charge in [-0.3, -0.25) is 0 Å². The maximum atomic E-state index is 12.5.